The Labute approximate surface area is 206 Å². The van der Waals surface area contributed by atoms with Crippen LogP contribution in [0.5, 0.6) is 0 Å². The van der Waals surface area contributed by atoms with E-state index in [1.165, 1.54) is 65.0 Å². The van der Waals surface area contributed by atoms with Gasteiger partial charge in [-0.05, 0) is 36.4 Å². The van der Waals surface area contributed by atoms with Gasteiger partial charge in [-0.1, -0.05) is 50.2 Å². The third kappa shape index (κ3) is 5.67. The normalized spacial score (nSPS) is 13.0. The Bertz CT molecular complexity index is 1420. The van der Waals surface area contributed by atoms with Crippen molar-refractivity contribution in [3.8, 4) is 0 Å². The first-order valence-electron chi connectivity index (χ1n) is 10.6. The van der Waals surface area contributed by atoms with E-state index in [1.54, 1.807) is 26.0 Å². The van der Waals surface area contributed by atoms with Gasteiger partial charge in [0.1, 0.15) is 4.90 Å². The summed E-state index contributed by atoms with van der Waals surface area (Å²) < 4.78 is 77.8. The molecule has 35 heavy (non-hydrogen) atoms. The molecule has 2 aromatic carbocycles. The lowest BCUT2D eigenvalue weighted by Gasteiger charge is -2.18. The molecule has 186 valence electrons. The number of benzene rings is 2. The third-order valence-electron chi connectivity index (χ3n) is 5.15. The van der Waals surface area contributed by atoms with E-state index >= 15 is 0 Å². The van der Waals surface area contributed by atoms with Crippen LogP contribution in [0.25, 0.3) is 0 Å². The fourth-order valence-electron chi connectivity index (χ4n) is 3.27. The van der Waals surface area contributed by atoms with Gasteiger partial charge in [0.15, 0.2) is 5.82 Å². The molecule has 3 rings (SSSR count). The number of sulfone groups is 2. The molecule has 0 bridgehead atoms. The molecule has 0 atom stereocenters. The number of hydrogen-bond acceptors (Lipinski definition) is 8. The summed E-state index contributed by atoms with van der Waals surface area (Å²) >= 11 is 0. The zero-order valence-corrected chi connectivity index (χ0v) is 21.5. The molecule has 12 heteroatoms. The summed E-state index contributed by atoms with van der Waals surface area (Å²) in [6.45, 7) is 4.01. The van der Waals surface area contributed by atoms with E-state index in [9.17, 15) is 25.3 Å². The molecule has 0 saturated heterocycles. The van der Waals surface area contributed by atoms with Crippen LogP contribution < -0.4 is 0 Å². The number of rotatable bonds is 10. The smallest absolute Gasteiger partial charge is 0.239 e. The van der Waals surface area contributed by atoms with Crippen molar-refractivity contribution in [2.75, 3.05) is 13.1 Å². The quantitative estimate of drug-likeness (QED) is 0.365. The average Bonchev–Trinajstić information content (AvgIpc) is 2.86. The summed E-state index contributed by atoms with van der Waals surface area (Å²) in [5.74, 6) is -0.0416. The van der Waals surface area contributed by atoms with Gasteiger partial charge in [0.25, 0.3) is 0 Å². The summed E-state index contributed by atoms with van der Waals surface area (Å²) in [6.07, 6.45) is 1.91. The van der Waals surface area contributed by atoms with Gasteiger partial charge < -0.3 is 0 Å². The lowest BCUT2D eigenvalue weighted by atomic mass is 10.4. The maximum atomic E-state index is 13.3. The first-order chi connectivity index (χ1) is 16.5. The summed E-state index contributed by atoms with van der Waals surface area (Å²) in [6, 6.07) is 17.0. The second-order valence-electron chi connectivity index (χ2n) is 7.30. The highest BCUT2D eigenvalue weighted by molar-refractivity contribution is 8.10. The van der Waals surface area contributed by atoms with Crippen LogP contribution in [0.3, 0.4) is 0 Å². The lowest BCUT2D eigenvalue weighted by molar-refractivity contribution is 0.445. The summed E-state index contributed by atoms with van der Waals surface area (Å²) in [7, 11) is -12.5. The van der Waals surface area contributed by atoms with Crippen LogP contribution >= 0.6 is 0 Å². The molecule has 3 aromatic rings. The Balaban J connectivity index is 2.04. The lowest BCUT2D eigenvalue weighted by Crippen LogP contribution is -2.32. The van der Waals surface area contributed by atoms with Gasteiger partial charge in [-0.2, -0.15) is 4.31 Å². The van der Waals surface area contributed by atoms with E-state index in [4.69, 9.17) is 0 Å². The first-order valence-corrected chi connectivity index (χ1v) is 15.2. The largest absolute Gasteiger partial charge is 0.244 e. The van der Waals surface area contributed by atoms with E-state index in [2.05, 4.69) is 9.98 Å². The van der Waals surface area contributed by atoms with Crippen LogP contribution in [0.4, 0.5) is 5.82 Å². The Morgan fingerprint density at radius 2 is 1.23 bits per heavy atom. The number of sulfonamides is 1. The molecule has 0 saturated carbocycles. The van der Waals surface area contributed by atoms with E-state index in [0.29, 0.717) is 0 Å². The van der Waals surface area contributed by atoms with Crippen LogP contribution in [0.1, 0.15) is 13.8 Å². The van der Waals surface area contributed by atoms with Gasteiger partial charge >= 0.3 is 0 Å². The predicted molar refractivity (Wildman–Crippen MR) is 134 cm³/mol. The van der Waals surface area contributed by atoms with Crippen LogP contribution in [-0.2, 0) is 29.7 Å². The Hall–Kier alpha value is -2.93. The predicted octanol–water partition coefficient (Wildman–Crippen LogP) is 3.09. The van der Waals surface area contributed by atoms with Gasteiger partial charge in [-0.15, -0.1) is 0 Å². The van der Waals surface area contributed by atoms with Crippen molar-refractivity contribution in [3.05, 3.63) is 79.0 Å². The number of pyridine rings is 1. The molecular weight excluding hydrogens is 510 g/mol. The molecule has 0 spiro atoms. The SMILES string of the molecule is CCN(CC)S(=O)(=O)c1ccc(N=CC(S(=O)(=O)c2ccccc2)S(=O)(=O)c2ccccc2)nc1. The van der Waals surface area contributed by atoms with Gasteiger partial charge in [0.05, 0.1) is 9.79 Å². The molecule has 0 unspecified atom stereocenters. The maximum Gasteiger partial charge on any atom is 0.244 e. The van der Waals surface area contributed by atoms with Crippen molar-refractivity contribution in [2.45, 2.75) is 33.1 Å². The number of nitrogens with zero attached hydrogens (tertiary/aromatic N) is 3. The second-order valence-corrected chi connectivity index (χ2v) is 13.7. The fourth-order valence-corrected chi connectivity index (χ4v) is 8.72. The Kier molecular flexibility index (Phi) is 8.21. The minimum Gasteiger partial charge on any atom is -0.239 e. The fraction of sp³-hybridized carbons (Fsp3) is 0.217. The standard InChI is InChI=1S/C23H25N3O6S3/c1-3-26(4-2)35(31,32)21-15-16-22(24-17-21)25-18-23(33(27,28)19-11-7-5-8-12-19)34(29,30)20-13-9-6-10-14-20/h5-18,23H,3-4H2,1-2H3. The number of aliphatic imine (C=N–C) groups is 1. The monoisotopic (exact) mass is 535 g/mol. The molecular formula is C23H25N3O6S3. The maximum absolute atomic E-state index is 13.3. The van der Waals surface area contributed by atoms with Crippen LogP contribution in [0, 0.1) is 0 Å². The molecule has 0 radical (unpaired) electrons. The van der Waals surface area contributed by atoms with E-state index in [1.807, 2.05) is 0 Å². The van der Waals surface area contributed by atoms with Crippen LogP contribution in [0.15, 0.2) is 98.7 Å². The highest BCUT2D eigenvalue weighted by Crippen LogP contribution is 2.25. The minimum absolute atomic E-state index is 0.0416. The van der Waals surface area contributed by atoms with Crippen molar-refractivity contribution < 1.29 is 25.3 Å². The van der Waals surface area contributed by atoms with Crippen molar-refractivity contribution >= 4 is 41.7 Å². The summed E-state index contributed by atoms with van der Waals surface area (Å²) in [5.41, 5.74) is 0. The molecule has 0 aliphatic heterocycles. The Morgan fingerprint density at radius 1 is 0.743 bits per heavy atom. The second kappa shape index (κ2) is 10.8. The molecule has 0 fully saturated rings. The molecule has 9 nitrogen and oxygen atoms in total. The third-order valence-corrected chi connectivity index (χ3v) is 12.0. The van der Waals surface area contributed by atoms with Crippen LogP contribution in [-0.4, -0.2) is 58.4 Å². The van der Waals surface area contributed by atoms with Gasteiger partial charge in [-0.3, -0.25) is 0 Å². The summed E-state index contributed by atoms with van der Waals surface area (Å²) in [5, 5.41) is 0. The first kappa shape index (κ1) is 26.7. The molecule has 0 N–H and O–H groups in total. The molecule has 0 aliphatic rings. The molecule has 0 aliphatic carbocycles. The van der Waals surface area contributed by atoms with E-state index in [0.717, 1.165) is 12.4 Å². The highest BCUT2D eigenvalue weighted by Gasteiger charge is 2.38. The minimum atomic E-state index is -4.39. The highest BCUT2D eigenvalue weighted by atomic mass is 32.3. The van der Waals surface area contributed by atoms with Crippen molar-refractivity contribution in [1.82, 2.24) is 9.29 Å². The zero-order valence-electron chi connectivity index (χ0n) is 19.1. The number of hydrogen-bond donors (Lipinski definition) is 0. The average molecular weight is 536 g/mol. The van der Waals surface area contributed by atoms with Gasteiger partial charge in [0, 0.05) is 25.5 Å². The summed E-state index contributed by atoms with van der Waals surface area (Å²) in [4.78, 5) is 7.58. The Morgan fingerprint density at radius 3 is 1.63 bits per heavy atom. The van der Waals surface area contributed by atoms with E-state index in [-0.39, 0.29) is 33.6 Å². The van der Waals surface area contributed by atoms with Gasteiger partial charge in [0.2, 0.25) is 34.3 Å². The molecule has 1 aromatic heterocycles. The molecule has 0 amide bonds. The van der Waals surface area contributed by atoms with Crippen molar-refractivity contribution in [1.29, 1.82) is 0 Å². The van der Waals surface area contributed by atoms with Crippen molar-refractivity contribution in [2.24, 2.45) is 4.99 Å². The topological polar surface area (TPSA) is 131 Å². The molecule has 1 heterocycles. The van der Waals surface area contributed by atoms with Gasteiger partial charge in [-0.25, -0.2) is 35.2 Å². The van der Waals surface area contributed by atoms with Crippen molar-refractivity contribution in [3.63, 3.8) is 0 Å². The zero-order chi connectivity index (χ0) is 25.7. The number of aromatic nitrogens is 1. The van der Waals surface area contributed by atoms with E-state index < -0.39 is 34.3 Å². The van der Waals surface area contributed by atoms with Crippen LogP contribution in [0.2, 0.25) is 0 Å².